The largest absolute Gasteiger partial charge is 0.461 e. The number of benzene rings is 2. The van der Waals surface area contributed by atoms with Crippen LogP contribution in [0.25, 0.3) is 32.1 Å². The van der Waals surface area contributed by atoms with Crippen LogP contribution in [0.15, 0.2) is 18.2 Å². The van der Waals surface area contributed by atoms with Gasteiger partial charge in [-0.25, -0.2) is 8.78 Å². The summed E-state index contributed by atoms with van der Waals surface area (Å²) in [5, 5.41) is 16.8. The van der Waals surface area contributed by atoms with Gasteiger partial charge in [0, 0.05) is 42.0 Å². The summed E-state index contributed by atoms with van der Waals surface area (Å²) in [6.45, 7) is 4.24. The molecule has 47 heavy (non-hydrogen) atoms. The third kappa shape index (κ3) is 5.22. The average Bonchev–Trinajstić information content (AvgIpc) is 3.60. The maximum absolute atomic E-state index is 17.0. The Hall–Kier alpha value is -3.83. The molecular weight excluding hydrogens is 646 g/mol. The van der Waals surface area contributed by atoms with Gasteiger partial charge in [-0.15, -0.1) is 11.3 Å². The van der Waals surface area contributed by atoms with Gasteiger partial charge in [-0.1, -0.05) is 17.7 Å². The molecule has 10 nitrogen and oxygen atoms in total. The molecule has 2 aromatic carbocycles. The molecule has 2 aromatic heterocycles. The van der Waals surface area contributed by atoms with E-state index in [9.17, 15) is 14.4 Å². The zero-order valence-electron chi connectivity index (χ0n) is 25.5. The number of piperidine rings is 1. The molecule has 1 amide bonds. The highest BCUT2D eigenvalue weighted by molar-refractivity contribution is 7.23. The molecule has 8 rings (SSSR count). The zero-order chi connectivity index (χ0) is 32.4. The number of carbonyl (C=O) groups is 1. The number of anilines is 2. The summed E-state index contributed by atoms with van der Waals surface area (Å²) in [5.41, 5.74) is 6.32. The Balaban J connectivity index is 1.25. The summed E-state index contributed by atoms with van der Waals surface area (Å²) in [6.07, 6.45) is 5.86. The molecule has 4 N–H and O–H groups in total. The Morgan fingerprint density at radius 1 is 1.23 bits per heavy atom. The van der Waals surface area contributed by atoms with Crippen LogP contribution in [-0.4, -0.2) is 77.7 Å². The quantitative estimate of drug-likeness (QED) is 0.231. The van der Waals surface area contributed by atoms with Crippen molar-refractivity contribution in [3.05, 3.63) is 40.4 Å². The minimum absolute atomic E-state index is 0.00382. The molecule has 4 aliphatic heterocycles. The monoisotopic (exact) mass is 678 g/mol. The SMILES string of the molecule is N#Cc1c(N)sc2c(F)ccc(-c3c(Cl)cc4c(N5CCCC(NC(=O)C6CN6)C5)nc(OCC56CCCN5CCC6)nc4c3F)c12. The predicted octanol–water partition coefficient (Wildman–Crippen LogP) is 4.96. The molecule has 6 heterocycles. The van der Waals surface area contributed by atoms with Gasteiger partial charge in [0.1, 0.15) is 34.8 Å². The number of amides is 1. The number of aromatic nitrogens is 2. The molecule has 4 fully saturated rings. The van der Waals surface area contributed by atoms with Crippen LogP contribution >= 0.6 is 22.9 Å². The summed E-state index contributed by atoms with van der Waals surface area (Å²) < 4.78 is 38.4. The van der Waals surface area contributed by atoms with Crippen LogP contribution < -0.4 is 26.0 Å². The molecule has 2 unspecified atom stereocenters. The van der Waals surface area contributed by atoms with Gasteiger partial charge in [0.15, 0.2) is 5.82 Å². The fraction of sp³-hybridized carbons (Fsp3) is 0.455. The first kappa shape index (κ1) is 30.5. The van der Waals surface area contributed by atoms with Crippen LogP contribution in [-0.2, 0) is 4.79 Å². The molecule has 14 heteroatoms. The second-order valence-corrected chi connectivity index (χ2v) is 14.4. The first-order valence-corrected chi connectivity index (χ1v) is 17.2. The number of nitrogen functional groups attached to an aromatic ring is 1. The molecule has 0 bridgehead atoms. The number of nitrogens with zero attached hydrogens (tertiary/aromatic N) is 5. The van der Waals surface area contributed by atoms with Crippen molar-refractivity contribution < 1.29 is 18.3 Å². The van der Waals surface area contributed by atoms with Crippen molar-refractivity contribution in [1.82, 2.24) is 25.5 Å². The standard InChI is InChI=1S/C33H33ClF2N8O2S/c34-21-12-19-27(26(36)25(21)18-5-6-22(35)28-24(18)20(13-37)29(38)47-28)41-32(46-16-33-7-2-10-44(33)11-3-8-33)42-30(19)43-9-1-4-17(15-43)40-31(45)23-14-39-23/h5-6,12,17,23,39H,1-4,7-11,14-16,38H2,(H,40,45). The molecule has 2 atom stereocenters. The van der Waals surface area contributed by atoms with Gasteiger partial charge in [0.25, 0.3) is 0 Å². The number of ether oxygens (including phenoxy) is 1. The van der Waals surface area contributed by atoms with E-state index in [1.807, 2.05) is 11.0 Å². The lowest BCUT2D eigenvalue weighted by atomic mass is 9.95. The molecule has 0 saturated carbocycles. The highest BCUT2D eigenvalue weighted by Gasteiger charge is 2.45. The summed E-state index contributed by atoms with van der Waals surface area (Å²) in [6, 6.07) is 6.10. The van der Waals surface area contributed by atoms with Gasteiger partial charge in [0.05, 0.1) is 26.9 Å². The number of carbonyl (C=O) groups excluding carboxylic acids is 1. The first-order valence-electron chi connectivity index (χ1n) is 16.0. The van der Waals surface area contributed by atoms with Crippen LogP contribution in [0.1, 0.15) is 44.1 Å². The number of hydrogen-bond acceptors (Lipinski definition) is 10. The van der Waals surface area contributed by atoms with Crippen molar-refractivity contribution in [1.29, 1.82) is 5.26 Å². The van der Waals surface area contributed by atoms with Crippen molar-refractivity contribution in [3.8, 4) is 23.2 Å². The van der Waals surface area contributed by atoms with E-state index in [0.717, 1.165) is 63.0 Å². The van der Waals surface area contributed by atoms with E-state index in [1.165, 1.54) is 12.1 Å². The van der Waals surface area contributed by atoms with E-state index >= 15 is 4.39 Å². The predicted molar refractivity (Wildman–Crippen MR) is 178 cm³/mol. The number of fused-ring (bicyclic) bond motifs is 3. The van der Waals surface area contributed by atoms with Gasteiger partial charge in [-0.2, -0.15) is 15.2 Å². The molecule has 0 aliphatic carbocycles. The van der Waals surface area contributed by atoms with E-state index in [4.69, 9.17) is 27.1 Å². The normalized spacial score (nSPS) is 22.0. The third-order valence-corrected chi connectivity index (χ3v) is 11.4. The molecule has 244 valence electrons. The van der Waals surface area contributed by atoms with Gasteiger partial charge in [0.2, 0.25) is 5.91 Å². The van der Waals surface area contributed by atoms with Crippen molar-refractivity contribution in [2.45, 2.75) is 56.1 Å². The highest BCUT2D eigenvalue weighted by atomic mass is 35.5. The summed E-state index contributed by atoms with van der Waals surface area (Å²) in [4.78, 5) is 26.5. The van der Waals surface area contributed by atoms with E-state index < -0.39 is 11.6 Å². The number of nitriles is 1. The van der Waals surface area contributed by atoms with Gasteiger partial charge in [-0.05, 0) is 69.3 Å². The summed E-state index contributed by atoms with van der Waals surface area (Å²) in [7, 11) is 0. The highest BCUT2D eigenvalue weighted by Crippen LogP contribution is 2.46. The van der Waals surface area contributed by atoms with Crippen molar-refractivity contribution in [2.75, 3.05) is 50.0 Å². The molecule has 0 spiro atoms. The summed E-state index contributed by atoms with van der Waals surface area (Å²) in [5.74, 6) is -0.850. The first-order chi connectivity index (χ1) is 22.8. The topological polar surface area (TPSA) is 142 Å². The fourth-order valence-electron chi connectivity index (χ4n) is 7.71. The lowest BCUT2D eigenvalue weighted by Gasteiger charge is -2.35. The van der Waals surface area contributed by atoms with E-state index in [0.29, 0.717) is 37.4 Å². The van der Waals surface area contributed by atoms with E-state index in [1.54, 1.807) is 6.07 Å². The summed E-state index contributed by atoms with van der Waals surface area (Å²) >= 11 is 7.80. The Morgan fingerprint density at radius 2 is 2.02 bits per heavy atom. The molecular formula is C33H33ClF2N8O2S. The van der Waals surface area contributed by atoms with Crippen molar-refractivity contribution >= 4 is 60.7 Å². The van der Waals surface area contributed by atoms with E-state index in [-0.39, 0.29) is 71.9 Å². The average molecular weight is 679 g/mol. The molecule has 4 aliphatic rings. The Morgan fingerprint density at radius 3 is 2.77 bits per heavy atom. The Kier molecular flexibility index (Phi) is 7.59. The van der Waals surface area contributed by atoms with Crippen LogP contribution in [0.3, 0.4) is 0 Å². The maximum Gasteiger partial charge on any atom is 0.319 e. The van der Waals surface area contributed by atoms with Crippen LogP contribution in [0.2, 0.25) is 5.02 Å². The zero-order valence-corrected chi connectivity index (χ0v) is 27.1. The molecule has 0 radical (unpaired) electrons. The lowest BCUT2D eigenvalue weighted by molar-refractivity contribution is -0.121. The van der Waals surface area contributed by atoms with E-state index in [2.05, 4.69) is 20.5 Å². The lowest BCUT2D eigenvalue weighted by Crippen LogP contribution is -2.49. The minimum Gasteiger partial charge on any atom is -0.461 e. The number of nitrogens with two attached hydrogens (primary N) is 1. The second-order valence-electron chi connectivity index (χ2n) is 13.0. The van der Waals surface area contributed by atoms with Gasteiger partial charge < -0.3 is 26.0 Å². The third-order valence-electron chi connectivity index (χ3n) is 10.1. The maximum atomic E-state index is 17.0. The number of rotatable bonds is 7. The Labute approximate surface area is 278 Å². The van der Waals surface area contributed by atoms with Gasteiger partial charge >= 0.3 is 6.01 Å². The Bertz CT molecular complexity index is 1970. The number of hydrogen-bond donors (Lipinski definition) is 3. The van der Waals surface area contributed by atoms with Crippen molar-refractivity contribution in [3.63, 3.8) is 0 Å². The van der Waals surface area contributed by atoms with Gasteiger partial charge in [-0.3, -0.25) is 9.69 Å². The molecule has 4 saturated heterocycles. The number of thiophene rings is 1. The number of halogens is 3. The van der Waals surface area contributed by atoms with Crippen molar-refractivity contribution in [2.24, 2.45) is 0 Å². The van der Waals surface area contributed by atoms with Crippen LogP contribution in [0.4, 0.5) is 19.6 Å². The van der Waals surface area contributed by atoms with Crippen LogP contribution in [0.5, 0.6) is 6.01 Å². The molecule has 4 aromatic rings. The van der Waals surface area contributed by atoms with Crippen LogP contribution in [0, 0.1) is 23.0 Å². The minimum atomic E-state index is -0.731. The smallest absolute Gasteiger partial charge is 0.319 e. The second kappa shape index (κ2) is 11.7. The number of nitrogens with one attached hydrogen (secondary N) is 2. The fourth-order valence-corrected chi connectivity index (χ4v) is 8.96.